The molecule has 0 radical (unpaired) electrons. The Morgan fingerprint density at radius 3 is 2.46 bits per heavy atom. The van der Waals surface area contributed by atoms with Crippen LogP contribution < -0.4 is 9.47 Å². The molecular formula is C22H27FN2O3. The lowest BCUT2D eigenvalue weighted by Gasteiger charge is -2.41. The van der Waals surface area contributed by atoms with Gasteiger partial charge < -0.3 is 14.6 Å². The van der Waals surface area contributed by atoms with Crippen LogP contribution in [0.5, 0.6) is 11.5 Å². The van der Waals surface area contributed by atoms with Gasteiger partial charge in [0, 0.05) is 45.4 Å². The van der Waals surface area contributed by atoms with Gasteiger partial charge in [0.15, 0.2) is 11.5 Å². The van der Waals surface area contributed by atoms with E-state index in [2.05, 4.69) is 21.9 Å². The first-order chi connectivity index (χ1) is 13.7. The second-order valence-electron chi connectivity index (χ2n) is 7.48. The normalized spacial score (nSPS) is 20.3. The Morgan fingerprint density at radius 1 is 0.929 bits per heavy atom. The molecule has 2 aliphatic rings. The number of aliphatic hydroxyl groups excluding tert-OH is 1. The summed E-state index contributed by atoms with van der Waals surface area (Å²) in [7, 11) is 0. The van der Waals surface area contributed by atoms with E-state index in [0.29, 0.717) is 13.2 Å². The Balaban J connectivity index is 1.39. The van der Waals surface area contributed by atoms with Gasteiger partial charge in [-0.2, -0.15) is 0 Å². The minimum absolute atomic E-state index is 0.169. The van der Waals surface area contributed by atoms with Crippen molar-refractivity contribution in [1.29, 1.82) is 0 Å². The molecule has 0 saturated carbocycles. The van der Waals surface area contributed by atoms with Gasteiger partial charge in [0.05, 0.1) is 0 Å². The second kappa shape index (κ2) is 8.90. The van der Waals surface area contributed by atoms with E-state index in [4.69, 9.17) is 9.47 Å². The van der Waals surface area contributed by atoms with E-state index in [-0.39, 0.29) is 18.5 Å². The Morgan fingerprint density at radius 2 is 1.68 bits per heavy atom. The van der Waals surface area contributed by atoms with E-state index >= 15 is 0 Å². The Hall–Kier alpha value is -2.15. The van der Waals surface area contributed by atoms with Crippen molar-refractivity contribution in [3.63, 3.8) is 0 Å². The van der Waals surface area contributed by atoms with Crippen molar-refractivity contribution in [2.24, 2.45) is 0 Å². The van der Waals surface area contributed by atoms with E-state index in [1.807, 2.05) is 18.2 Å². The molecule has 5 nitrogen and oxygen atoms in total. The fraction of sp³-hybridized carbons (Fsp3) is 0.455. The maximum atomic E-state index is 13.2. The number of aliphatic hydroxyl groups is 1. The van der Waals surface area contributed by atoms with Crippen LogP contribution in [-0.2, 0) is 13.1 Å². The number of halogens is 1. The predicted molar refractivity (Wildman–Crippen MR) is 105 cm³/mol. The van der Waals surface area contributed by atoms with Gasteiger partial charge >= 0.3 is 0 Å². The second-order valence-corrected chi connectivity index (χ2v) is 7.48. The first-order valence-electron chi connectivity index (χ1n) is 9.91. The van der Waals surface area contributed by atoms with Gasteiger partial charge in [-0.25, -0.2) is 4.39 Å². The van der Waals surface area contributed by atoms with Crippen LogP contribution in [0.3, 0.4) is 0 Å². The molecule has 0 amide bonds. The lowest BCUT2D eigenvalue weighted by Crippen LogP contribution is -2.52. The summed E-state index contributed by atoms with van der Waals surface area (Å²) in [6, 6.07) is 13.1. The lowest BCUT2D eigenvalue weighted by atomic mass is 10.1. The Bertz CT molecular complexity index is 784. The van der Waals surface area contributed by atoms with Gasteiger partial charge in [-0.1, -0.05) is 18.2 Å². The van der Waals surface area contributed by atoms with Gasteiger partial charge in [-0.05, 0) is 41.8 Å². The zero-order chi connectivity index (χ0) is 19.3. The largest absolute Gasteiger partial charge is 0.486 e. The predicted octanol–water partition coefficient (Wildman–Crippen LogP) is 2.67. The van der Waals surface area contributed by atoms with Crippen LogP contribution in [0.25, 0.3) is 0 Å². The first-order valence-corrected chi connectivity index (χ1v) is 9.91. The SMILES string of the molecule is OCC[C@@H]1CN(Cc2ccc3c(c2)OCCO3)CCN1Cc1ccc(F)cc1. The maximum Gasteiger partial charge on any atom is 0.161 e. The van der Waals surface area contributed by atoms with Crippen molar-refractivity contribution in [3.05, 3.63) is 59.4 Å². The molecule has 1 N–H and O–H groups in total. The number of nitrogens with zero attached hydrogens (tertiary/aromatic N) is 2. The molecule has 0 aromatic heterocycles. The smallest absolute Gasteiger partial charge is 0.161 e. The molecule has 2 heterocycles. The lowest BCUT2D eigenvalue weighted by molar-refractivity contribution is 0.0499. The topological polar surface area (TPSA) is 45.2 Å². The molecular weight excluding hydrogens is 359 g/mol. The summed E-state index contributed by atoms with van der Waals surface area (Å²) in [6.45, 7) is 5.77. The van der Waals surface area contributed by atoms with Crippen LogP contribution >= 0.6 is 0 Å². The van der Waals surface area contributed by atoms with Gasteiger partial charge in [-0.3, -0.25) is 9.80 Å². The van der Waals surface area contributed by atoms with Crippen LogP contribution in [0.4, 0.5) is 4.39 Å². The molecule has 0 unspecified atom stereocenters. The molecule has 2 aliphatic heterocycles. The fourth-order valence-electron chi connectivity index (χ4n) is 4.00. The van der Waals surface area contributed by atoms with Crippen molar-refractivity contribution in [1.82, 2.24) is 9.80 Å². The number of fused-ring (bicyclic) bond motifs is 1. The highest BCUT2D eigenvalue weighted by molar-refractivity contribution is 5.43. The number of ether oxygens (including phenoxy) is 2. The van der Waals surface area contributed by atoms with E-state index in [0.717, 1.165) is 56.2 Å². The quantitative estimate of drug-likeness (QED) is 0.827. The van der Waals surface area contributed by atoms with Crippen LogP contribution in [0.1, 0.15) is 17.5 Å². The van der Waals surface area contributed by atoms with Crippen LogP contribution in [0.15, 0.2) is 42.5 Å². The Kier molecular flexibility index (Phi) is 6.10. The number of benzene rings is 2. The summed E-state index contributed by atoms with van der Waals surface area (Å²) in [5.41, 5.74) is 2.31. The summed E-state index contributed by atoms with van der Waals surface area (Å²) in [4.78, 5) is 4.82. The van der Waals surface area contributed by atoms with Gasteiger partial charge in [0.25, 0.3) is 0 Å². The van der Waals surface area contributed by atoms with E-state index in [1.165, 1.54) is 17.7 Å². The van der Waals surface area contributed by atoms with E-state index in [9.17, 15) is 9.50 Å². The number of hydrogen-bond acceptors (Lipinski definition) is 5. The fourth-order valence-corrected chi connectivity index (χ4v) is 4.00. The summed E-state index contributed by atoms with van der Waals surface area (Å²) >= 11 is 0. The van der Waals surface area contributed by atoms with Gasteiger partial charge in [0.2, 0.25) is 0 Å². The van der Waals surface area contributed by atoms with Gasteiger partial charge in [-0.15, -0.1) is 0 Å². The molecule has 150 valence electrons. The minimum atomic E-state index is -0.208. The van der Waals surface area contributed by atoms with Crippen molar-refractivity contribution < 1.29 is 19.0 Å². The molecule has 2 aromatic carbocycles. The van der Waals surface area contributed by atoms with Crippen LogP contribution in [0.2, 0.25) is 0 Å². The molecule has 0 spiro atoms. The third-order valence-electron chi connectivity index (χ3n) is 5.46. The monoisotopic (exact) mass is 386 g/mol. The zero-order valence-electron chi connectivity index (χ0n) is 16.0. The minimum Gasteiger partial charge on any atom is -0.486 e. The van der Waals surface area contributed by atoms with Crippen LogP contribution in [-0.4, -0.2) is 60.4 Å². The standard InChI is InChI=1S/C22H27FN2O3/c23-19-4-1-17(2-5-19)15-25-9-8-24(16-20(25)7-10-26)14-18-3-6-21-22(13-18)28-12-11-27-21/h1-6,13,20,26H,7-12,14-16H2/t20-/m1/s1. The average molecular weight is 386 g/mol. The highest BCUT2D eigenvalue weighted by Crippen LogP contribution is 2.31. The zero-order valence-corrected chi connectivity index (χ0v) is 16.0. The molecule has 0 aliphatic carbocycles. The van der Waals surface area contributed by atoms with Gasteiger partial charge in [0.1, 0.15) is 19.0 Å². The highest BCUT2D eigenvalue weighted by Gasteiger charge is 2.27. The molecule has 1 saturated heterocycles. The first kappa shape index (κ1) is 19.2. The summed E-state index contributed by atoms with van der Waals surface area (Å²) in [5.74, 6) is 1.43. The van der Waals surface area contributed by atoms with Crippen molar-refractivity contribution in [2.75, 3.05) is 39.5 Å². The summed E-state index contributed by atoms with van der Waals surface area (Å²) in [5, 5.41) is 9.52. The molecule has 6 heteroatoms. The maximum absolute atomic E-state index is 13.2. The number of hydrogen-bond donors (Lipinski definition) is 1. The third-order valence-corrected chi connectivity index (χ3v) is 5.46. The number of piperazine rings is 1. The van der Waals surface area contributed by atoms with Crippen molar-refractivity contribution in [3.8, 4) is 11.5 Å². The van der Waals surface area contributed by atoms with Crippen LogP contribution in [0, 0.1) is 5.82 Å². The van der Waals surface area contributed by atoms with E-state index < -0.39 is 0 Å². The number of rotatable bonds is 6. The summed E-state index contributed by atoms with van der Waals surface area (Å²) < 4.78 is 24.4. The highest BCUT2D eigenvalue weighted by atomic mass is 19.1. The molecule has 4 rings (SSSR count). The molecule has 1 atom stereocenters. The molecule has 2 aromatic rings. The van der Waals surface area contributed by atoms with Crippen molar-refractivity contribution >= 4 is 0 Å². The third kappa shape index (κ3) is 4.63. The molecule has 0 bridgehead atoms. The van der Waals surface area contributed by atoms with Crippen molar-refractivity contribution in [2.45, 2.75) is 25.6 Å². The molecule has 1 fully saturated rings. The Labute approximate surface area is 165 Å². The van der Waals surface area contributed by atoms with E-state index in [1.54, 1.807) is 0 Å². The average Bonchev–Trinajstić information content (AvgIpc) is 2.72. The summed E-state index contributed by atoms with van der Waals surface area (Å²) in [6.07, 6.45) is 0.735. The molecule has 28 heavy (non-hydrogen) atoms.